The zero-order valence-electron chi connectivity index (χ0n) is 14.3. The van der Waals surface area contributed by atoms with E-state index in [9.17, 15) is 9.59 Å². The average molecular weight is 322 g/mol. The van der Waals surface area contributed by atoms with Crippen LogP contribution in [0.15, 0.2) is 24.3 Å². The lowest BCUT2D eigenvalue weighted by atomic mass is 10.1. The predicted octanol–water partition coefficient (Wildman–Crippen LogP) is 2.42. The first-order valence-corrected chi connectivity index (χ1v) is 7.72. The number of amides is 2. The lowest BCUT2D eigenvalue weighted by Gasteiger charge is -2.20. The van der Waals surface area contributed by atoms with E-state index in [1.54, 1.807) is 49.9 Å². The number of aliphatic hydroxyl groups is 1. The van der Waals surface area contributed by atoms with Crippen LogP contribution in [0.4, 0.5) is 10.5 Å². The van der Waals surface area contributed by atoms with Crippen molar-refractivity contribution in [3.63, 3.8) is 0 Å². The van der Waals surface area contributed by atoms with Gasteiger partial charge in [-0.05, 0) is 45.4 Å². The van der Waals surface area contributed by atoms with E-state index >= 15 is 0 Å². The summed E-state index contributed by atoms with van der Waals surface area (Å²) < 4.78 is 5.17. The van der Waals surface area contributed by atoms with Crippen molar-refractivity contribution in [3.05, 3.63) is 29.8 Å². The molecule has 0 bridgehead atoms. The Morgan fingerprint density at radius 1 is 1.22 bits per heavy atom. The summed E-state index contributed by atoms with van der Waals surface area (Å²) in [6, 6.07) is 7.04. The van der Waals surface area contributed by atoms with Crippen LogP contribution in [0.5, 0.6) is 0 Å². The molecule has 0 saturated heterocycles. The molecule has 0 heterocycles. The van der Waals surface area contributed by atoms with Crippen LogP contribution in [-0.4, -0.2) is 47.3 Å². The maximum atomic E-state index is 12.1. The van der Waals surface area contributed by atoms with E-state index in [-0.39, 0.29) is 18.9 Å². The molecule has 0 aromatic heterocycles. The number of carbonyl (C=O) groups is 2. The highest BCUT2D eigenvalue weighted by Gasteiger charge is 2.16. The summed E-state index contributed by atoms with van der Waals surface area (Å²) in [6.07, 6.45) is -0.248. The first-order chi connectivity index (χ1) is 10.7. The highest BCUT2D eigenvalue weighted by Crippen LogP contribution is 2.13. The second kappa shape index (κ2) is 8.53. The number of anilines is 1. The number of ether oxygens (including phenoxy) is 1. The molecule has 0 aliphatic carbocycles. The van der Waals surface area contributed by atoms with E-state index in [0.29, 0.717) is 18.8 Å². The van der Waals surface area contributed by atoms with Crippen LogP contribution in [0.1, 0.15) is 33.3 Å². The topological polar surface area (TPSA) is 78.9 Å². The summed E-state index contributed by atoms with van der Waals surface area (Å²) in [6.45, 7) is 8.14. The Kier molecular flexibility index (Phi) is 7.03. The number of likely N-dealkylation sites (N-methyl/N-ethyl adjacent to an activating group) is 1. The molecule has 0 aliphatic rings. The monoisotopic (exact) mass is 322 g/mol. The summed E-state index contributed by atoms with van der Waals surface area (Å²) in [7, 11) is 0. The second-order valence-electron chi connectivity index (χ2n) is 6.20. The zero-order valence-corrected chi connectivity index (χ0v) is 14.3. The van der Waals surface area contributed by atoms with Crippen molar-refractivity contribution < 1.29 is 19.4 Å². The Balaban J connectivity index is 2.59. The quantitative estimate of drug-likeness (QED) is 0.843. The number of nitrogens with zero attached hydrogens (tertiary/aromatic N) is 1. The molecular formula is C17H26N2O4. The van der Waals surface area contributed by atoms with Crippen molar-refractivity contribution >= 4 is 17.7 Å². The van der Waals surface area contributed by atoms with E-state index in [0.717, 1.165) is 5.56 Å². The molecule has 1 rings (SSSR count). The van der Waals surface area contributed by atoms with Crippen molar-refractivity contribution in [1.29, 1.82) is 0 Å². The van der Waals surface area contributed by atoms with Crippen molar-refractivity contribution in [2.75, 3.05) is 25.0 Å². The standard InChI is InChI=1S/C17H26N2O4/c1-5-19(10-11-20)15(21)12-13-6-8-14(9-7-13)18-16(22)23-17(2,3)4/h6-9,20H,5,10-12H2,1-4H3,(H,18,22). The third-order valence-corrected chi connectivity index (χ3v) is 3.06. The van der Waals surface area contributed by atoms with Crippen LogP contribution >= 0.6 is 0 Å². The third-order valence-electron chi connectivity index (χ3n) is 3.06. The summed E-state index contributed by atoms with van der Waals surface area (Å²) in [5, 5.41) is 11.6. The smallest absolute Gasteiger partial charge is 0.412 e. The van der Waals surface area contributed by atoms with Gasteiger partial charge < -0.3 is 14.7 Å². The lowest BCUT2D eigenvalue weighted by Crippen LogP contribution is -2.34. The van der Waals surface area contributed by atoms with Gasteiger partial charge in [0.1, 0.15) is 5.60 Å². The van der Waals surface area contributed by atoms with Crippen LogP contribution < -0.4 is 5.32 Å². The molecule has 6 nitrogen and oxygen atoms in total. The Morgan fingerprint density at radius 2 is 1.83 bits per heavy atom. The van der Waals surface area contributed by atoms with Gasteiger partial charge in [-0.2, -0.15) is 0 Å². The normalized spacial score (nSPS) is 11.0. The van der Waals surface area contributed by atoms with Crippen molar-refractivity contribution in [1.82, 2.24) is 4.90 Å². The van der Waals surface area contributed by atoms with Gasteiger partial charge in [0.25, 0.3) is 0 Å². The average Bonchev–Trinajstić information content (AvgIpc) is 2.44. The Labute approximate surface area is 137 Å². The van der Waals surface area contributed by atoms with Gasteiger partial charge in [-0.1, -0.05) is 12.1 Å². The molecule has 2 amide bonds. The third kappa shape index (κ3) is 7.15. The molecule has 128 valence electrons. The molecule has 2 N–H and O–H groups in total. The highest BCUT2D eigenvalue weighted by molar-refractivity contribution is 5.85. The minimum Gasteiger partial charge on any atom is -0.444 e. The van der Waals surface area contributed by atoms with Gasteiger partial charge in [-0.15, -0.1) is 0 Å². The molecule has 0 fully saturated rings. The predicted molar refractivity (Wildman–Crippen MR) is 89.3 cm³/mol. The van der Waals surface area contributed by atoms with Crippen LogP contribution in [0.3, 0.4) is 0 Å². The minimum atomic E-state index is -0.549. The van der Waals surface area contributed by atoms with E-state index in [2.05, 4.69) is 5.32 Å². The van der Waals surface area contributed by atoms with Crippen molar-refractivity contribution in [2.45, 2.75) is 39.7 Å². The van der Waals surface area contributed by atoms with Gasteiger partial charge in [0.2, 0.25) is 5.91 Å². The molecule has 1 aromatic rings. The van der Waals surface area contributed by atoms with Crippen molar-refractivity contribution in [3.8, 4) is 0 Å². The molecule has 0 spiro atoms. The molecule has 1 aromatic carbocycles. The van der Waals surface area contributed by atoms with Gasteiger partial charge in [0.05, 0.1) is 13.0 Å². The van der Waals surface area contributed by atoms with E-state index < -0.39 is 11.7 Å². The highest BCUT2D eigenvalue weighted by atomic mass is 16.6. The van der Waals surface area contributed by atoms with Gasteiger partial charge in [-0.3, -0.25) is 10.1 Å². The summed E-state index contributed by atoms with van der Waals surface area (Å²) in [5.41, 5.74) is 0.909. The first-order valence-electron chi connectivity index (χ1n) is 7.72. The number of benzene rings is 1. The summed E-state index contributed by atoms with van der Waals surface area (Å²) in [5.74, 6) is -0.0330. The maximum Gasteiger partial charge on any atom is 0.412 e. The Bertz CT molecular complexity index is 520. The summed E-state index contributed by atoms with van der Waals surface area (Å²) >= 11 is 0. The lowest BCUT2D eigenvalue weighted by molar-refractivity contribution is -0.130. The number of carbonyl (C=O) groups excluding carboxylic acids is 2. The molecular weight excluding hydrogens is 296 g/mol. The SMILES string of the molecule is CCN(CCO)C(=O)Cc1ccc(NC(=O)OC(C)(C)C)cc1. The van der Waals surface area contributed by atoms with Crippen LogP contribution in [0.25, 0.3) is 0 Å². The number of hydrogen-bond acceptors (Lipinski definition) is 4. The van der Waals surface area contributed by atoms with E-state index in [1.165, 1.54) is 0 Å². The van der Waals surface area contributed by atoms with Gasteiger partial charge in [0, 0.05) is 18.8 Å². The first kappa shape index (κ1) is 19.0. The van der Waals surface area contributed by atoms with Crippen LogP contribution in [0.2, 0.25) is 0 Å². The molecule has 0 atom stereocenters. The van der Waals surface area contributed by atoms with Crippen molar-refractivity contribution in [2.24, 2.45) is 0 Å². The Morgan fingerprint density at radius 3 is 2.30 bits per heavy atom. The Hall–Kier alpha value is -2.08. The van der Waals surface area contributed by atoms with Gasteiger partial charge in [0.15, 0.2) is 0 Å². The zero-order chi connectivity index (χ0) is 17.5. The van der Waals surface area contributed by atoms with Gasteiger partial charge >= 0.3 is 6.09 Å². The number of nitrogens with one attached hydrogen (secondary N) is 1. The molecule has 0 unspecified atom stereocenters. The van der Waals surface area contributed by atoms with Crippen LogP contribution in [0, 0.1) is 0 Å². The fourth-order valence-corrected chi connectivity index (χ4v) is 1.99. The minimum absolute atomic E-state index is 0.0330. The second-order valence-corrected chi connectivity index (χ2v) is 6.20. The molecule has 0 radical (unpaired) electrons. The maximum absolute atomic E-state index is 12.1. The molecule has 6 heteroatoms. The number of hydrogen-bond donors (Lipinski definition) is 2. The fourth-order valence-electron chi connectivity index (χ4n) is 1.99. The molecule has 0 saturated carbocycles. The summed E-state index contributed by atoms with van der Waals surface area (Å²) in [4.78, 5) is 25.4. The van der Waals surface area contributed by atoms with Gasteiger partial charge in [-0.25, -0.2) is 4.79 Å². The van der Waals surface area contributed by atoms with Crippen LogP contribution in [-0.2, 0) is 16.0 Å². The number of rotatable bonds is 6. The van der Waals surface area contributed by atoms with E-state index in [1.807, 2.05) is 6.92 Å². The van der Waals surface area contributed by atoms with E-state index in [4.69, 9.17) is 9.84 Å². The molecule has 23 heavy (non-hydrogen) atoms. The molecule has 0 aliphatic heterocycles. The largest absolute Gasteiger partial charge is 0.444 e. The fraction of sp³-hybridized carbons (Fsp3) is 0.529. The number of aliphatic hydroxyl groups excluding tert-OH is 1.